The summed E-state index contributed by atoms with van der Waals surface area (Å²) in [4.78, 5) is 12.5. The molecular weight excluding hydrogens is 823 g/mol. The van der Waals surface area contributed by atoms with Crippen molar-refractivity contribution in [1.82, 2.24) is 5.32 Å². The van der Waals surface area contributed by atoms with Gasteiger partial charge in [-0.3, -0.25) is 4.79 Å². The van der Waals surface area contributed by atoms with Gasteiger partial charge in [0.25, 0.3) is 0 Å². The van der Waals surface area contributed by atoms with Gasteiger partial charge in [-0.1, -0.05) is 294 Å². The van der Waals surface area contributed by atoms with E-state index >= 15 is 0 Å². The van der Waals surface area contributed by atoms with Crippen LogP contribution in [0.15, 0.2) is 48.6 Å². The molecular formula is C62H117NO4. The number of nitrogens with one attached hydrogen (secondary N) is 1. The number of aliphatic hydroxyl groups excluding tert-OH is 3. The molecule has 4 N–H and O–H groups in total. The molecule has 0 heterocycles. The summed E-state index contributed by atoms with van der Waals surface area (Å²) in [6, 6.07) is -0.763. The van der Waals surface area contributed by atoms with Crippen LogP contribution in [0.3, 0.4) is 0 Å². The van der Waals surface area contributed by atoms with E-state index in [9.17, 15) is 20.1 Å². The SMILES string of the molecule is CCCCCCCCCCC/C=C\C/C=C\CCCCCCCCCCCCCCCCCC(O)CC(=O)NC(CO)C(O)/C=C/CC/C=C/CCCCCCCCCCCCCCCCC. The average Bonchev–Trinajstić information content (AvgIpc) is 3.32. The smallest absolute Gasteiger partial charge is 0.222 e. The minimum absolute atomic E-state index is 0.00639. The number of carbonyl (C=O) groups is 1. The second-order valence-electron chi connectivity index (χ2n) is 20.6. The highest BCUT2D eigenvalue weighted by atomic mass is 16.3. The predicted molar refractivity (Wildman–Crippen MR) is 296 cm³/mol. The van der Waals surface area contributed by atoms with Crippen LogP contribution < -0.4 is 5.32 Å². The van der Waals surface area contributed by atoms with Gasteiger partial charge in [0.05, 0.1) is 31.3 Å². The molecule has 0 fully saturated rings. The Morgan fingerprint density at radius 2 is 0.687 bits per heavy atom. The maximum atomic E-state index is 12.5. The molecule has 394 valence electrons. The third-order valence-electron chi connectivity index (χ3n) is 13.8. The molecule has 0 saturated carbocycles. The van der Waals surface area contributed by atoms with Crippen molar-refractivity contribution in [3.05, 3.63) is 48.6 Å². The van der Waals surface area contributed by atoms with E-state index in [2.05, 4.69) is 55.6 Å². The summed E-state index contributed by atoms with van der Waals surface area (Å²) in [5, 5.41) is 33.5. The molecule has 0 aromatic carbocycles. The van der Waals surface area contributed by atoms with E-state index in [0.717, 1.165) is 38.5 Å². The molecule has 0 aromatic heterocycles. The monoisotopic (exact) mass is 940 g/mol. The van der Waals surface area contributed by atoms with Crippen molar-refractivity contribution in [2.45, 2.75) is 334 Å². The number of carbonyl (C=O) groups excluding carboxylic acids is 1. The van der Waals surface area contributed by atoms with Crippen molar-refractivity contribution in [1.29, 1.82) is 0 Å². The van der Waals surface area contributed by atoms with Gasteiger partial charge in [0, 0.05) is 0 Å². The van der Waals surface area contributed by atoms with E-state index in [1.54, 1.807) is 6.08 Å². The van der Waals surface area contributed by atoms with Crippen molar-refractivity contribution in [3.63, 3.8) is 0 Å². The average molecular weight is 941 g/mol. The zero-order chi connectivity index (χ0) is 48.6. The first-order valence-electron chi connectivity index (χ1n) is 29.9. The number of hydrogen-bond donors (Lipinski definition) is 4. The van der Waals surface area contributed by atoms with Crippen LogP contribution in [-0.4, -0.2) is 46.1 Å². The predicted octanol–water partition coefficient (Wildman–Crippen LogP) is 18.8. The summed E-state index contributed by atoms with van der Waals surface area (Å²) < 4.78 is 0. The van der Waals surface area contributed by atoms with E-state index in [0.29, 0.717) is 6.42 Å². The van der Waals surface area contributed by atoms with Crippen LogP contribution >= 0.6 is 0 Å². The Balaban J connectivity index is 3.57. The number of unbranched alkanes of at least 4 members (excludes halogenated alkanes) is 40. The van der Waals surface area contributed by atoms with Crippen LogP contribution in [0.5, 0.6) is 0 Å². The summed E-state index contributed by atoms with van der Waals surface area (Å²) in [6.07, 6.45) is 76.0. The molecule has 0 aliphatic heterocycles. The molecule has 5 nitrogen and oxygen atoms in total. The number of amides is 1. The van der Waals surface area contributed by atoms with Gasteiger partial charge in [0.2, 0.25) is 5.91 Å². The number of hydrogen-bond acceptors (Lipinski definition) is 4. The maximum Gasteiger partial charge on any atom is 0.222 e. The lowest BCUT2D eigenvalue weighted by molar-refractivity contribution is -0.124. The first-order chi connectivity index (χ1) is 33.0. The highest BCUT2D eigenvalue weighted by molar-refractivity contribution is 5.76. The van der Waals surface area contributed by atoms with Crippen molar-refractivity contribution in [2.75, 3.05) is 6.61 Å². The van der Waals surface area contributed by atoms with Gasteiger partial charge in [-0.25, -0.2) is 0 Å². The first-order valence-corrected chi connectivity index (χ1v) is 29.9. The Kier molecular flexibility index (Phi) is 55.5. The number of rotatable bonds is 55. The highest BCUT2D eigenvalue weighted by Gasteiger charge is 2.20. The van der Waals surface area contributed by atoms with Crippen LogP contribution in [0.2, 0.25) is 0 Å². The molecule has 0 rings (SSSR count). The Bertz CT molecular complexity index is 1080. The van der Waals surface area contributed by atoms with Crippen molar-refractivity contribution in [3.8, 4) is 0 Å². The van der Waals surface area contributed by atoms with Gasteiger partial charge in [-0.2, -0.15) is 0 Å². The second-order valence-corrected chi connectivity index (χ2v) is 20.6. The van der Waals surface area contributed by atoms with Gasteiger partial charge in [-0.05, 0) is 64.2 Å². The summed E-state index contributed by atoms with van der Waals surface area (Å²) in [7, 11) is 0. The molecule has 0 spiro atoms. The quantitative estimate of drug-likeness (QED) is 0.0361. The van der Waals surface area contributed by atoms with Crippen molar-refractivity contribution in [2.24, 2.45) is 0 Å². The van der Waals surface area contributed by atoms with Gasteiger partial charge >= 0.3 is 0 Å². The Morgan fingerprint density at radius 1 is 0.388 bits per heavy atom. The van der Waals surface area contributed by atoms with Crippen LogP contribution in [0.25, 0.3) is 0 Å². The molecule has 0 aliphatic carbocycles. The summed E-state index contributed by atoms with van der Waals surface area (Å²) >= 11 is 0. The molecule has 3 unspecified atom stereocenters. The minimum Gasteiger partial charge on any atom is -0.394 e. The third kappa shape index (κ3) is 53.5. The molecule has 0 aromatic rings. The zero-order valence-corrected chi connectivity index (χ0v) is 45.0. The maximum absolute atomic E-state index is 12.5. The minimum atomic E-state index is -0.953. The lowest BCUT2D eigenvalue weighted by atomic mass is 10.0. The number of allylic oxidation sites excluding steroid dienone is 7. The van der Waals surface area contributed by atoms with E-state index < -0.39 is 18.2 Å². The lowest BCUT2D eigenvalue weighted by Gasteiger charge is -2.21. The summed E-state index contributed by atoms with van der Waals surface area (Å²) in [5.41, 5.74) is 0. The van der Waals surface area contributed by atoms with Gasteiger partial charge in [0.15, 0.2) is 0 Å². The Labute approximate surface area is 418 Å². The highest BCUT2D eigenvalue weighted by Crippen LogP contribution is 2.17. The van der Waals surface area contributed by atoms with Crippen molar-refractivity contribution < 1.29 is 20.1 Å². The summed E-state index contributed by atoms with van der Waals surface area (Å²) in [6.45, 7) is 4.23. The van der Waals surface area contributed by atoms with Crippen LogP contribution in [-0.2, 0) is 4.79 Å². The molecule has 0 saturated heterocycles. The Hall–Kier alpha value is -1.69. The molecule has 0 radical (unpaired) electrons. The van der Waals surface area contributed by atoms with E-state index in [1.165, 1.54) is 250 Å². The van der Waals surface area contributed by atoms with E-state index in [-0.39, 0.29) is 18.9 Å². The summed E-state index contributed by atoms with van der Waals surface area (Å²) in [5.74, 6) is -0.322. The molecule has 3 atom stereocenters. The molecule has 5 heteroatoms. The number of aliphatic hydroxyl groups is 3. The molecule has 67 heavy (non-hydrogen) atoms. The topological polar surface area (TPSA) is 89.8 Å². The van der Waals surface area contributed by atoms with Crippen LogP contribution in [0.1, 0.15) is 316 Å². The third-order valence-corrected chi connectivity index (χ3v) is 13.8. The van der Waals surface area contributed by atoms with E-state index in [1.807, 2.05) is 6.08 Å². The molecule has 1 amide bonds. The largest absolute Gasteiger partial charge is 0.394 e. The fourth-order valence-electron chi connectivity index (χ4n) is 9.27. The van der Waals surface area contributed by atoms with Crippen LogP contribution in [0.4, 0.5) is 0 Å². The lowest BCUT2D eigenvalue weighted by Crippen LogP contribution is -2.45. The van der Waals surface area contributed by atoms with Crippen LogP contribution in [0, 0.1) is 0 Å². The zero-order valence-electron chi connectivity index (χ0n) is 45.0. The van der Waals surface area contributed by atoms with Gasteiger partial charge in [-0.15, -0.1) is 0 Å². The van der Waals surface area contributed by atoms with Gasteiger partial charge < -0.3 is 20.6 Å². The fourth-order valence-corrected chi connectivity index (χ4v) is 9.27. The van der Waals surface area contributed by atoms with E-state index in [4.69, 9.17) is 0 Å². The standard InChI is InChI=1S/C62H117NO4/c1-3-5-7-9-11-13-15-17-19-21-23-25-26-27-28-29-30-31-32-33-34-36-37-39-41-43-45-47-49-51-53-55-59(65)57-62(67)63-60(58-64)61(66)56-54-52-50-48-46-44-42-40-38-35-24-22-20-18-16-14-12-10-8-6-4-2/h23,25,27-28,46,48,54,56,59-61,64-66H,3-22,24,26,29-45,47,49-53,55,57-58H2,1-2H3,(H,63,67)/b25-23-,28-27-,48-46+,56-54+. The van der Waals surface area contributed by atoms with Gasteiger partial charge in [0.1, 0.15) is 0 Å². The van der Waals surface area contributed by atoms with Crippen molar-refractivity contribution >= 4 is 5.91 Å². The normalized spacial score (nSPS) is 13.6. The second kappa shape index (κ2) is 56.9. The first kappa shape index (κ1) is 65.3. The molecule has 0 aliphatic rings. The Morgan fingerprint density at radius 3 is 1.04 bits per heavy atom. The molecule has 0 bridgehead atoms. The fraction of sp³-hybridized carbons (Fsp3) is 0.855.